The van der Waals surface area contributed by atoms with Crippen LogP contribution in [0.25, 0.3) is 0 Å². The Labute approximate surface area is 253 Å². The van der Waals surface area contributed by atoms with Gasteiger partial charge in [-0.1, -0.05) is 54.2 Å². The molecule has 3 aromatic rings. The average molecular weight is 608 g/mol. The highest BCUT2D eigenvalue weighted by Crippen LogP contribution is 2.25. The van der Waals surface area contributed by atoms with Gasteiger partial charge in [-0.3, -0.25) is 0 Å². The zero-order valence-electron chi connectivity index (χ0n) is 23.6. The second-order valence-electron chi connectivity index (χ2n) is 8.00. The summed E-state index contributed by atoms with van der Waals surface area (Å²) >= 11 is 0. The Hall–Kier alpha value is -3.99. The van der Waals surface area contributed by atoms with Crippen molar-refractivity contribution in [1.29, 1.82) is 0 Å². The summed E-state index contributed by atoms with van der Waals surface area (Å²) in [5.41, 5.74) is 9.76. The first-order valence-corrected chi connectivity index (χ1v) is 15.7. The monoisotopic (exact) mass is 607 g/mol. The average Bonchev–Trinajstić information content (AvgIpc) is 3.00. The van der Waals surface area contributed by atoms with E-state index in [9.17, 15) is 0 Å². The fourth-order valence-electron chi connectivity index (χ4n) is 3.63. The van der Waals surface area contributed by atoms with Crippen molar-refractivity contribution in [2.75, 3.05) is 42.7 Å². The van der Waals surface area contributed by atoms with E-state index < -0.39 is 5.04 Å². The van der Waals surface area contributed by atoms with Crippen molar-refractivity contribution >= 4 is 54.4 Å². The van der Waals surface area contributed by atoms with Crippen LogP contribution < -0.4 is 44.0 Å². The summed E-state index contributed by atoms with van der Waals surface area (Å²) in [6.07, 6.45) is 0. The van der Waals surface area contributed by atoms with Crippen molar-refractivity contribution in [1.82, 2.24) is 0 Å². The Kier molecular flexibility index (Phi) is 12.1. The lowest BCUT2D eigenvalue weighted by Crippen LogP contribution is -2.19. The normalized spacial score (nSPS) is 10.0. The zero-order chi connectivity index (χ0) is 29.7. The Morgan fingerprint density at radius 1 is 0.488 bits per heavy atom. The molecule has 6 nitrogen and oxygen atoms in total. The number of hydrogen-bond acceptors (Lipinski definition) is 6. The number of methoxy groups -OCH3 is 6. The molecular formula is C31H27O6Si4. The molecule has 0 spiro atoms. The lowest BCUT2D eigenvalue weighted by atomic mass is 10.2. The van der Waals surface area contributed by atoms with Gasteiger partial charge in [0.15, 0.2) is 63.1 Å². The van der Waals surface area contributed by atoms with Crippen LogP contribution in [0.3, 0.4) is 0 Å². The highest BCUT2D eigenvalue weighted by molar-refractivity contribution is 6.64. The Morgan fingerprint density at radius 3 is 1.02 bits per heavy atom. The molecular weight excluding hydrogens is 581 g/mol. The standard InChI is InChI=1S/C31H27O6Si4/c1-32-22-10-7-13-25(28(22)35-4)39-19-16-31(38,17-20-40-26-14-8-11-23(33-2)29(26)36-5)18-21-41-27-15-9-12-24(34-3)30(27)37-6/h7-15H,1-6H3. The summed E-state index contributed by atoms with van der Waals surface area (Å²) < 4.78 is 33.0. The van der Waals surface area contributed by atoms with Gasteiger partial charge in [-0.25, -0.2) is 0 Å². The third-order valence-electron chi connectivity index (χ3n) is 5.55. The SMILES string of the molecule is COc1cccc([Si]C#CC([Si])(C#C[Si]c2cccc(OC)c2OC)C#C[Si]c2cccc(OC)c2OC)c1OC. The number of benzene rings is 3. The molecule has 0 bridgehead atoms. The van der Waals surface area contributed by atoms with Gasteiger partial charge in [0.2, 0.25) is 0 Å². The number of para-hydroxylation sites is 3. The molecule has 0 amide bonds. The third-order valence-corrected chi connectivity index (χ3v) is 8.66. The van der Waals surface area contributed by atoms with Gasteiger partial charge in [-0.05, 0) is 33.8 Å². The maximum Gasteiger partial charge on any atom is 0.191 e. The smallest absolute Gasteiger partial charge is 0.191 e. The first-order chi connectivity index (χ1) is 19.9. The van der Waals surface area contributed by atoms with Crippen molar-refractivity contribution in [3.05, 3.63) is 54.6 Å². The van der Waals surface area contributed by atoms with Crippen LogP contribution in [-0.4, -0.2) is 81.5 Å². The van der Waals surface area contributed by atoms with Gasteiger partial charge in [0.1, 0.15) is 5.04 Å². The topological polar surface area (TPSA) is 55.4 Å². The van der Waals surface area contributed by atoms with Gasteiger partial charge < -0.3 is 28.4 Å². The fourth-order valence-corrected chi connectivity index (χ4v) is 6.90. The van der Waals surface area contributed by atoms with Crippen molar-refractivity contribution < 1.29 is 28.4 Å². The van der Waals surface area contributed by atoms with E-state index in [0.29, 0.717) is 34.5 Å². The minimum atomic E-state index is -1.07. The lowest BCUT2D eigenvalue weighted by Gasteiger charge is -2.12. The van der Waals surface area contributed by atoms with E-state index in [0.717, 1.165) is 15.6 Å². The summed E-state index contributed by atoms with van der Waals surface area (Å²) in [6.45, 7) is 0. The summed E-state index contributed by atoms with van der Waals surface area (Å²) in [6, 6.07) is 17.2. The lowest BCUT2D eigenvalue weighted by molar-refractivity contribution is 0.357. The zero-order valence-corrected chi connectivity index (χ0v) is 27.6. The van der Waals surface area contributed by atoms with Gasteiger partial charge in [0.25, 0.3) is 0 Å². The van der Waals surface area contributed by atoms with Crippen molar-refractivity contribution in [2.45, 2.75) is 5.04 Å². The molecule has 0 aliphatic heterocycles. The summed E-state index contributed by atoms with van der Waals surface area (Å²) in [5.74, 6) is 13.7. The predicted molar refractivity (Wildman–Crippen MR) is 167 cm³/mol. The van der Waals surface area contributed by atoms with E-state index in [-0.39, 0.29) is 28.6 Å². The van der Waals surface area contributed by atoms with Crippen molar-refractivity contribution in [2.24, 2.45) is 0 Å². The van der Waals surface area contributed by atoms with Crippen molar-refractivity contribution in [3.63, 3.8) is 0 Å². The molecule has 3 aromatic carbocycles. The third kappa shape index (κ3) is 8.26. The molecule has 0 aliphatic rings. The molecule has 0 unspecified atom stereocenters. The molecule has 10 heteroatoms. The highest BCUT2D eigenvalue weighted by Gasteiger charge is 2.17. The summed E-state index contributed by atoms with van der Waals surface area (Å²) in [7, 11) is 13.9. The molecule has 0 aliphatic carbocycles. The van der Waals surface area contributed by atoms with E-state index >= 15 is 0 Å². The van der Waals surface area contributed by atoms with E-state index in [1.165, 1.54) is 0 Å². The van der Waals surface area contributed by atoms with Crippen molar-refractivity contribution in [3.8, 4) is 68.9 Å². The van der Waals surface area contributed by atoms with Crippen LogP contribution in [0.2, 0.25) is 5.04 Å². The van der Waals surface area contributed by atoms with Crippen LogP contribution in [0.5, 0.6) is 34.5 Å². The van der Waals surface area contributed by atoms with Gasteiger partial charge in [0, 0.05) is 0 Å². The second-order valence-corrected chi connectivity index (χ2v) is 11.9. The molecule has 0 atom stereocenters. The number of hydrogen-bond donors (Lipinski definition) is 0. The van der Waals surface area contributed by atoms with E-state index in [1.807, 2.05) is 54.6 Å². The van der Waals surface area contributed by atoms with Crippen LogP contribution in [0.15, 0.2) is 54.6 Å². The minimum Gasteiger partial charge on any atom is -0.493 e. The second kappa shape index (κ2) is 15.7. The maximum atomic E-state index is 5.56. The number of ether oxygens (including phenoxy) is 6. The first-order valence-electron chi connectivity index (χ1n) is 12.2. The van der Waals surface area contributed by atoms with Crippen LogP contribution in [0.1, 0.15) is 0 Å². The Balaban J connectivity index is 1.96. The summed E-state index contributed by atoms with van der Waals surface area (Å²) in [4.78, 5) is 0. The molecule has 0 saturated heterocycles. The number of rotatable bonds is 9. The largest absolute Gasteiger partial charge is 0.493 e. The van der Waals surface area contributed by atoms with E-state index in [1.54, 1.807) is 42.7 Å². The van der Waals surface area contributed by atoms with Gasteiger partial charge in [-0.15, -0.1) is 16.6 Å². The molecule has 9 radical (unpaired) electrons. The van der Waals surface area contributed by atoms with E-state index in [4.69, 9.17) is 28.4 Å². The fraction of sp³-hybridized carbons (Fsp3) is 0.226. The maximum absolute atomic E-state index is 5.56. The quantitative estimate of drug-likeness (QED) is 0.271. The predicted octanol–water partition coefficient (Wildman–Crippen LogP) is 1.34. The van der Waals surface area contributed by atoms with Crippen LogP contribution in [-0.2, 0) is 0 Å². The Bertz CT molecular complexity index is 1360. The molecule has 0 aromatic heterocycles. The summed E-state index contributed by atoms with van der Waals surface area (Å²) in [5, 5.41) is 1.72. The molecule has 203 valence electrons. The van der Waals surface area contributed by atoms with Gasteiger partial charge >= 0.3 is 0 Å². The molecule has 0 saturated carbocycles. The van der Waals surface area contributed by atoms with Crippen LogP contribution >= 0.6 is 0 Å². The molecule has 0 fully saturated rings. The highest BCUT2D eigenvalue weighted by atomic mass is 28.2. The molecule has 41 heavy (non-hydrogen) atoms. The van der Waals surface area contributed by atoms with E-state index in [2.05, 4.69) is 44.6 Å². The Morgan fingerprint density at radius 2 is 0.780 bits per heavy atom. The van der Waals surface area contributed by atoms with Gasteiger partial charge in [-0.2, -0.15) is 0 Å². The molecule has 0 N–H and O–H groups in total. The van der Waals surface area contributed by atoms with Crippen LogP contribution in [0, 0.1) is 34.4 Å². The molecule has 0 heterocycles. The minimum absolute atomic E-state index is 0.130. The van der Waals surface area contributed by atoms with Gasteiger partial charge in [0.05, 0.1) is 52.9 Å². The molecule has 3 rings (SSSR count). The first kappa shape index (κ1) is 31.5. The van der Waals surface area contributed by atoms with Crippen LogP contribution in [0.4, 0.5) is 0 Å².